The van der Waals surface area contributed by atoms with Gasteiger partial charge < -0.3 is 5.73 Å². The molecule has 38 heavy (non-hydrogen) atoms. The molecular weight excluding hydrogens is 460 g/mol. The Bertz CT molecular complexity index is 378. The lowest BCUT2D eigenvalue weighted by atomic mass is 10.0. The number of hydrogen-bond acceptors (Lipinski definition) is 2. The first kappa shape index (κ1) is 37.9. The van der Waals surface area contributed by atoms with E-state index in [1.807, 2.05) is 0 Å². The molecule has 1 unspecified atom stereocenters. The maximum Gasteiger partial charge on any atom is 0.0571 e. The van der Waals surface area contributed by atoms with Crippen LogP contribution in [0.1, 0.15) is 213 Å². The maximum atomic E-state index is 6.56. The van der Waals surface area contributed by atoms with Crippen molar-refractivity contribution < 1.29 is 0 Å². The monoisotopic (exact) mass is 537 g/mol. The van der Waals surface area contributed by atoms with E-state index >= 15 is 0 Å². The second kappa shape index (κ2) is 33.1. The fourth-order valence-electron chi connectivity index (χ4n) is 5.94. The van der Waals surface area contributed by atoms with Crippen LogP contribution in [0.4, 0.5) is 0 Å². The summed E-state index contributed by atoms with van der Waals surface area (Å²) in [5.74, 6) is 0. The number of hydrogen-bond donors (Lipinski definition) is 1. The summed E-state index contributed by atoms with van der Waals surface area (Å²) < 4.78 is 0. The third kappa shape index (κ3) is 28.9. The molecule has 0 saturated carbocycles. The van der Waals surface area contributed by atoms with E-state index in [1.165, 1.54) is 199 Å². The molecule has 0 saturated heterocycles. The average Bonchev–Trinajstić information content (AvgIpc) is 2.92. The van der Waals surface area contributed by atoms with Crippen molar-refractivity contribution in [1.82, 2.24) is 4.90 Å². The molecule has 0 fully saturated rings. The van der Waals surface area contributed by atoms with Crippen molar-refractivity contribution in [3.8, 4) is 0 Å². The Morgan fingerprint density at radius 3 is 0.816 bits per heavy atom. The van der Waals surface area contributed by atoms with Crippen LogP contribution in [-0.2, 0) is 0 Å². The minimum absolute atomic E-state index is 0.281. The molecule has 0 aliphatic rings. The van der Waals surface area contributed by atoms with Crippen LogP contribution in [0.15, 0.2) is 0 Å². The van der Waals surface area contributed by atoms with Crippen LogP contribution in [0.2, 0.25) is 0 Å². The summed E-state index contributed by atoms with van der Waals surface area (Å²) in [6.07, 6.45) is 42.8. The van der Waals surface area contributed by atoms with Gasteiger partial charge in [-0.3, -0.25) is 4.90 Å². The quantitative estimate of drug-likeness (QED) is 0.0667. The molecule has 0 aliphatic heterocycles. The molecule has 230 valence electrons. The Morgan fingerprint density at radius 1 is 0.342 bits per heavy atom. The summed E-state index contributed by atoms with van der Waals surface area (Å²) >= 11 is 0. The Hall–Kier alpha value is -0.0800. The normalized spacial score (nSPS) is 12.6. The molecule has 0 amide bonds. The molecule has 2 nitrogen and oxygen atoms in total. The molecule has 0 heterocycles. The molecule has 0 radical (unpaired) electrons. The van der Waals surface area contributed by atoms with Gasteiger partial charge in [0.05, 0.1) is 6.17 Å². The molecule has 2 N–H and O–H groups in total. The largest absolute Gasteiger partial charge is 0.316 e. The summed E-state index contributed by atoms with van der Waals surface area (Å²) in [6, 6.07) is 0. The van der Waals surface area contributed by atoms with Crippen molar-refractivity contribution in [1.29, 1.82) is 0 Å². The van der Waals surface area contributed by atoms with E-state index in [0.29, 0.717) is 0 Å². The van der Waals surface area contributed by atoms with Gasteiger partial charge in [0, 0.05) is 0 Å². The zero-order valence-corrected chi connectivity index (χ0v) is 27.2. The third-order valence-electron chi connectivity index (χ3n) is 8.65. The van der Waals surface area contributed by atoms with Crippen molar-refractivity contribution in [3.05, 3.63) is 0 Å². The SMILES string of the molecule is CCCCCCCCCCCCCCCCN(CCCCCCCCCCCCCCCC)C(N)CCC. The highest BCUT2D eigenvalue weighted by molar-refractivity contribution is 4.66. The van der Waals surface area contributed by atoms with Gasteiger partial charge in [-0.2, -0.15) is 0 Å². The zero-order chi connectivity index (χ0) is 27.8. The van der Waals surface area contributed by atoms with E-state index in [9.17, 15) is 0 Å². The number of nitrogens with zero attached hydrogens (tertiary/aromatic N) is 1. The van der Waals surface area contributed by atoms with Gasteiger partial charge in [-0.25, -0.2) is 0 Å². The number of nitrogens with two attached hydrogens (primary N) is 1. The van der Waals surface area contributed by atoms with E-state index in [4.69, 9.17) is 5.73 Å². The van der Waals surface area contributed by atoms with Crippen molar-refractivity contribution >= 4 is 0 Å². The Kier molecular flexibility index (Phi) is 33.1. The van der Waals surface area contributed by atoms with E-state index in [2.05, 4.69) is 25.7 Å². The lowest BCUT2D eigenvalue weighted by Crippen LogP contribution is -2.43. The zero-order valence-electron chi connectivity index (χ0n) is 27.2. The van der Waals surface area contributed by atoms with Crippen LogP contribution in [0.25, 0.3) is 0 Å². The van der Waals surface area contributed by atoms with Gasteiger partial charge >= 0.3 is 0 Å². The van der Waals surface area contributed by atoms with Crippen LogP contribution in [-0.4, -0.2) is 24.2 Å². The highest BCUT2D eigenvalue weighted by Gasteiger charge is 2.12. The average molecular weight is 537 g/mol. The van der Waals surface area contributed by atoms with Crippen LogP contribution in [0, 0.1) is 0 Å². The van der Waals surface area contributed by atoms with E-state index in [1.54, 1.807) is 0 Å². The topological polar surface area (TPSA) is 29.3 Å². The minimum atomic E-state index is 0.281. The van der Waals surface area contributed by atoms with Gasteiger partial charge in [0.25, 0.3) is 0 Å². The predicted octanol–water partition coefficient (Wildman–Crippen LogP) is 12.3. The second-order valence-corrected chi connectivity index (χ2v) is 12.6. The van der Waals surface area contributed by atoms with Crippen molar-refractivity contribution in [2.75, 3.05) is 13.1 Å². The molecule has 0 rings (SSSR count). The van der Waals surface area contributed by atoms with Crippen molar-refractivity contribution in [2.45, 2.75) is 220 Å². The van der Waals surface area contributed by atoms with Crippen LogP contribution in [0.3, 0.4) is 0 Å². The van der Waals surface area contributed by atoms with Crippen LogP contribution < -0.4 is 5.73 Å². The summed E-state index contributed by atoms with van der Waals surface area (Å²) in [7, 11) is 0. The lowest BCUT2D eigenvalue weighted by Gasteiger charge is -2.29. The smallest absolute Gasteiger partial charge is 0.0571 e. The molecule has 2 heteroatoms. The van der Waals surface area contributed by atoms with Gasteiger partial charge in [-0.1, -0.05) is 194 Å². The summed E-state index contributed by atoms with van der Waals surface area (Å²) in [5, 5.41) is 0. The Balaban J connectivity index is 3.60. The number of rotatable bonds is 33. The van der Waals surface area contributed by atoms with E-state index in [0.717, 1.165) is 6.42 Å². The van der Waals surface area contributed by atoms with Gasteiger partial charge in [-0.05, 0) is 32.4 Å². The van der Waals surface area contributed by atoms with Gasteiger partial charge in [0.2, 0.25) is 0 Å². The van der Waals surface area contributed by atoms with Gasteiger partial charge in [-0.15, -0.1) is 0 Å². The second-order valence-electron chi connectivity index (χ2n) is 12.6. The first-order valence-electron chi connectivity index (χ1n) is 18.3. The predicted molar refractivity (Wildman–Crippen MR) is 175 cm³/mol. The van der Waals surface area contributed by atoms with Crippen LogP contribution >= 0.6 is 0 Å². The Labute approximate surface area is 243 Å². The standard InChI is InChI=1S/C36H76N2/c1-4-7-9-11-13-15-17-19-21-23-25-27-29-31-34-38(36(37)33-6-3)35-32-30-28-26-24-22-20-18-16-14-12-10-8-5-2/h36H,4-35,37H2,1-3H3. The highest BCUT2D eigenvalue weighted by Crippen LogP contribution is 2.15. The molecular formula is C36H76N2. The molecule has 0 aromatic heterocycles. The molecule has 0 aromatic carbocycles. The molecule has 1 atom stereocenters. The van der Waals surface area contributed by atoms with E-state index < -0.39 is 0 Å². The third-order valence-corrected chi connectivity index (χ3v) is 8.65. The fourth-order valence-corrected chi connectivity index (χ4v) is 5.94. The van der Waals surface area contributed by atoms with Gasteiger partial charge in [0.15, 0.2) is 0 Å². The van der Waals surface area contributed by atoms with Gasteiger partial charge in [0.1, 0.15) is 0 Å². The van der Waals surface area contributed by atoms with Crippen molar-refractivity contribution in [2.24, 2.45) is 5.73 Å². The first-order valence-corrected chi connectivity index (χ1v) is 18.3. The number of unbranched alkanes of at least 4 members (excludes halogenated alkanes) is 26. The highest BCUT2D eigenvalue weighted by atomic mass is 15.2. The molecule has 0 bridgehead atoms. The fraction of sp³-hybridized carbons (Fsp3) is 1.00. The van der Waals surface area contributed by atoms with Crippen LogP contribution in [0.5, 0.6) is 0 Å². The van der Waals surface area contributed by atoms with E-state index in [-0.39, 0.29) is 6.17 Å². The van der Waals surface area contributed by atoms with Crippen molar-refractivity contribution in [3.63, 3.8) is 0 Å². The summed E-state index contributed by atoms with van der Waals surface area (Å²) in [5.41, 5.74) is 6.56. The molecule has 0 spiro atoms. The Morgan fingerprint density at radius 2 is 0.579 bits per heavy atom. The summed E-state index contributed by atoms with van der Waals surface area (Å²) in [4.78, 5) is 2.62. The molecule has 0 aromatic rings. The maximum absolute atomic E-state index is 6.56. The molecule has 0 aliphatic carbocycles. The summed E-state index contributed by atoms with van der Waals surface area (Å²) in [6.45, 7) is 9.32. The minimum Gasteiger partial charge on any atom is -0.316 e. The first-order chi connectivity index (χ1) is 18.8. The lowest BCUT2D eigenvalue weighted by molar-refractivity contribution is 0.181.